The zero-order chi connectivity index (χ0) is 13.7. The quantitative estimate of drug-likeness (QED) is 0.795. The molecule has 0 atom stereocenters. The minimum absolute atomic E-state index is 0.730. The normalized spacial score (nSPS) is 10.4. The maximum Gasteiger partial charge on any atom is 0.127 e. The van der Waals surface area contributed by atoms with Gasteiger partial charge in [-0.1, -0.05) is 13.3 Å². The number of ether oxygens (including phenoxy) is 1. The number of benzene rings is 2. The molecule has 0 unspecified atom stereocenters. The van der Waals surface area contributed by atoms with Crippen molar-refractivity contribution in [2.45, 2.75) is 26.2 Å². The summed E-state index contributed by atoms with van der Waals surface area (Å²) in [7, 11) is 0. The number of unbranched alkanes of at least 4 members (excludes halogenated alkanes) is 1. The fourth-order valence-corrected chi connectivity index (χ4v) is 1.90. The van der Waals surface area contributed by atoms with Gasteiger partial charge in [-0.25, -0.2) is 0 Å². The highest BCUT2D eigenvalue weighted by molar-refractivity contribution is 5.51. The van der Waals surface area contributed by atoms with Crippen LogP contribution >= 0.6 is 0 Å². The van der Waals surface area contributed by atoms with Crippen LogP contribution in [0, 0.1) is 0 Å². The Kier molecular flexibility index (Phi) is 4.29. The lowest BCUT2D eigenvalue weighted by Crippen LogP contribution is -1.95. The second-order valence-corrected chi connectivity index (χ2v) is 4.64. The Hall–Kier alpha value is -2.16. The zero-order valence-corrected chi connectivity index (χ0v) is 11.2. The molecule has 2 aromatic carbocycles. The van der Waals surface area contributed by atoms with Crippen molar-refractivity contribution in [3.63, 3.8) is 0 Å². The van der Waals surface area contributed by atoms with E-state index in [4.69, 9.17) is 16.2 Å². The van der Waals surface area contributed by atoms with Crippen LogP contribution in [0.5, 0.6) is 11.5 Å². The standard InChI is InChI=1S/C16H20N2O/c1-2-3-4-12-11-15(9-10-16(12)18)19-14-7-5-13(17)6-8-14/h5-11H,2-4,17-18H2,1H3. The molecule has 0 aromatic heterocycles. The maximum atomic E-state index is 5.97. The van der Waals surface area contributed by atoms with Crippen molar-refractivity contribution < 1.29 is 4.74 Å². The Bertz CT molecular complexity index is 535. The van der Waals surface area contributed by atoms with Crippen molar-refractivity contribution in [1.29, 1.82) is 0 Å². The number of hydrogen-bond donors (Lipinski definition) is 2. The smallest absolute Gasteiger partial charge is 0.127 e. The molecule has 3 heteroatoms. The minimum atomic E-state index is 0.730. The van der Waals surface area contributed by atoms with Crippen LogP contribution in [-0.4, -0.2) is 0 Å². The molecule has 2 aromatic rings. The van der Waals surface area contributed by atoms with E-state index in [0.29, 0.717) is 0 Å². The first kappa shape index (κ1) is 13.3. The summed E-state index contributed by atoms with van der Waals surface area (Å²) in [5.41, 5.74) is 14.3. The Morgan fingerprint density at radius 2 is 1.63 bits per heavy atom. The van der Waals surface area contributed by atoms with Crippen molar-refractivity contribution in [1.82, 2.24) is 0 Å². The second-order valence-electron chi connectivity index (χ2n) is 4.64. The van der Waals surface area contributed by atoms with Crippen LogP contribution in [0.15, 0.2) is 42.5 Å². The molecule has 0 fully saturated rings. The van der Waals surface area contributed by atoms with E-state index in [-0.39, 0.29) is 0 Å². The molecule has 2 rings (SSSR count). The molecule has 0 spiro atoms. The fraction of sp³-hybridized carbons (Fsp3) is 0.250. The van der Waals surface area contributed by atoms with E-state index in [1.54, 1.807) is 0 Å². The molecule has 0 aliphatic heterocycles. The van der Waals surface area contributed by atoms with Crippen molar-refractivity contribution in [2.75, 3.05) is 11.5 Å². The number of hydrogen-bond acceptors (Lipinski definition) is 3. The van der Waals surface area contributed by atoms with E-state index in [1.165, 1.54) is 0 Å². The van der Waals surface area contributed by atoms with Crippen LogP contribution < -0.4 is 16.2 Å². The largest absolute Gasteiger partial charge is 0.457 e. The Morgan fingerprint density at radius 1 is 0.947 bits per heavy atom. The Morgan fingerprint density at radius 3 is 2.32 bits per heavy atom. The van der Waals surface area contributed by atoms with Crippen LogP contribution in [0.1, 0.15) is 25.3 Å². The van der Waals surface area contributed by atoms with Gasteiger partial charge in [-0.05, 0) is 60.9 Å². The molecule has 19 heavy (non-hydrogen) atoms. The van der Waals surface area contributed by atoms with Crippen LogP contribution in [0.4, 0.5) is 11.4 Å². The molecule has 3 nitrogen and oxygen atoms in total. The molecule has 0 aliphatic rings. The first-order valence-corrected chi connectivity index (χ1v) is 6.61. The lowest BCUT2D eigenvalue weighted by molar-refractivity contribution is 0.482. The fourth-order valence-electron chi connectivity index (χ4n) is 1.90. The van der Waals surface area contributed by atoms with Gasteiger partial charge in [-0.2, -0.15) is 0 Å². The number of anilines is 2. The number of rotatable bonds is 5. The molecule has 100 valence electrons. The molecule has 0 amide bonds. The maximum absolute atomic E-state index is 5.97. The summed E-state index contributed by atoms with van der Waals surface area (Å²) in [4.78, 5) is 0. The van der Waals surface area contributed by atoms with Crippen molar-refractivity contribution in [3.8, 4) is 11.5 Å². The monoisotopic (exact) mass is 256 g/mol. The summed E-state index contributed by atoms with van der Waals surface area (Å²) >= 11 is 0. The average Bonchev–Trinajstić information content (AvgIpc) is 2.42. The SMILES string of the molecule is CCCCc1cc(Oc2ccc(N)cc2)ccc1N. The highest BCUT2D eigenvalue weighted by atomic mass is 16.5. The van der Waals surface area contributed by atoms with E-state index >= 15 is 0 Å². The molecule has 4 N–H and O–H groups in total. The second kappa shape index (κ2) is 6.14. The van der Waals surface area contributed by atoms with Gasteiger partial charge in [-0.15, -0.1) is 0 Å². The van der Waals surface area contributed by atoms with Crippen LogP contribution in [0.2, 0.25) is 0 Å². The van der Waals surface area contributed by atoms with Crippen molar-refractivity contribution in [3.05, 3.63) is 48.0 Å². The highest BCUT2D eigenvalue weighted by Gasteiger charge is 2.03. The lowest BCUT2D eigenvalue weighted by atomic mass is 10.1. The minimum Gasteiger partial charge on any atom is -0.457 e. The predicted octanol–water partition coefficient (Wildman–Crippen LogP) is 3.99. The number of nitrogens with two attached hydrogens (primary N) is 2. The average molecular weight is 256 g/mol. The van der Waals surface area contributed by atoms with Gasteiger partial charge in [-0.3, -0.25) is 0 Å². The van der Waals surface area contributed by atoms with Gasteiger partial charge in [0.2, 0.25) is 0 Å². The number of aryl methyl sites for hydroxylation is 1. The highest BCUT2D eigenvalue weighted by Crippen LogP contribution is 2.26. The summed E-state index contributed by atoms with van der Waals surface area (Å²) < 4.78 is 5.80. The molecule has 0 radical (unpaired) electrons. The topological polar surface area (TPSA) is 61.3 Å². The van der Waals surface area contributed by atoms with Crippen LogP contribution in [0.25, 0.3) is 0 Å². The third-order valence-electron chi connectivity index (χ3n) is 3.03. The van der Waals surface area contributed by atoms with E-state index in [0.717, 1.165) is 47.7 Å². The van der Waals surface area contributed by atoms with Gasteiger partial charge in [0, 0.05) is 11.4 Å². The molecule has 0 saturated heterocycles. The lowest BCUT2D eigenvalue weighted by Gasteiger charge is -2.10. The van der Waals surface area contributed by atoms with Gasteiger partial charge >= 0.3 is 0 Å². The number of nitrogen functional groups attached to an aromatic ring is 2. The summed E-state index contributed by atoms with van der Waals surface area (Å²) in [5, 5.41) is 0. The third-order valence-corrected chi connectivity index (χ3v) is 3.03. The van der Waals surface area contributed by atoms with Crippen LogP contribution in [-0.2, 0) is 6.42 Å². The third kappa shape index (κ3) is 3.65. The first-order valence-electron chi connectivity index (χ1n) is 6.61. The first-order chi connectivity index (χ1) is 9.19. The molecular weight excluding hydrogens is 236 g/mol. The van der Waals surface area contributed by atoms with Crippen molar-refractivity contribution in [2.24, 2.45) is 0 Å². The summed E-state index contributed by atoms with van der Waals surface area (Å²) in [6, 6.07) is 13.2. The van der Waals surface area contributed by atoms with E-state index < -0.39 is 0 Å². The van der Waals surface area contributed by atoms with Gasteiger partial charge < -0.3 is 16.2 Å². The Labute approximate surface area is 114 Å². The Balaban J connectivity index is 2.14. The van der Waals surface area contributed by atoms with E-state index in [1.807, 2.05) is 42.5 Å². The van der Waals surface area contributed by atoms with Gasteiger partial charge in [0.25, 0.3) is 0 Å². The molecular formula is C16H20N2O. The summed E-state index contributed by atoms with van der Waals surface area (Å²) in [6.45, 7) is 2.17. The molecule has 0 aliphatic carbocycles. The van der Waals surface area contributed by atoms with Crippen molar-refractivity contribution >= 4 is 11.4 Å². The van der Waals surface area contributed by atoms with E-state index in [9.17, 15) is 0 Å². The molecule has 0 saturated carbocycles. The van der Waals surface area contributed by atoms with Gasteiger partial charge in [0.05, 0.1) is 0 Å². The van der Waals surface area contributed by atoms with Gasteiger partial charge in [0.15, 0.2) is 0 Å². The van der Waals surface area contributed by atoms with E-state index in [2.05, 4.69) is 6.92 Å². The molecule has 0 heterocycles. The summed E-state index contributed by atoms with van der Waals surface area (Å²) in [6.07, 6.45) is 3.28. The summed E-state index contributed by atoms with van der Waals surface area (Å²) in [5.74, 6) is 1.59. The predicted molar refractivity (Wildman–Crippen MR) is 80.4 cm³/mol. The van der Waals surface area contributed by atoms with Gasteiger partial charge in [0.1, 0.15) is 11.5 Å². The zero-order valence-electron chi connectivity index (χ0n) is 11.2. The molecule has 0 bridgehead atoms. The van der Waals surface area contributed by atoms with Crippen LogP contribution in [0.3, 0.4) is 0 Å².